The van der Waals surface area contributed by atoms with E-state index in [1.807, 2.05) is 0 Å². The molecule has 1 aromatic carbocycles. The van der Waals surface area contributed by atoms with E-state index in [1.165, 1.54) is 12.0 Å². The summed E-state index contributed by atoms with van der Waals surface area (Å²) in [7, 11) is 1.31. The minimum Gasteiger partial charge on any atom is -0.465 e. The molecule has 0 aromatic heterocycles. The molecule has 0 radical (unpaired) electrons. The van der Waals surface area contributed by atoms with Crippen molar-refractivity contribution in [1.29, 1.82) is 0 Å². The van der Waals surface area contributed by atoms with Crippen LogP contribution in [0.5, 0.6) is 0 Å². The molecule has 1 amide bonds. The molecular weight excluding hydrogens is 234 g/mol. The normalized spacial score (nSPS) is 15.7. The highest BCUT2D eigenvalue weighted by molar-refractivity contribution is 6.08. The van der Waals surface area contributed by atoms with Crippen LogP contribution in [0.15, 0.2) is 24.3 Å². The number of ether oxygens (including phenoxy) is 1. The largest absolute Gasteiger partial charge is 0.465 e. The lowest BCUT2D eigenvalue weighted by atomic mass is 10.1. The van der Waals surface area contributed by atoms with Crippen molar-refractivity contribution in [3.05, 3.63) is 29.8 Å². The van der Waals surface area contributed by atoms with E-state index in [-0.39, 0.29) is 18.1 Å². The van der Waals surface area contributed by atoms with Crippen molar-refractivity contribution in [1.82, 2.24) is 0 Å². The van der Waals surface area contributed by atoms with Gasteiger partial charge in [0, 0.05) is 18.7 Å². The lowest BCUT2D eigenvalue weighted by Gasteiger charge is -2.26. The SMILES string of the molecule is COC(=O)c1cccc(N2CCC(=O)CC2=O)c1. The Kier molecular flexibility index (Phi) is 3.41. The van der Waals surface area contributed by atoms with Gasteiger partial charge in [0.15, 0.2) is 0 Å². The molecule has 0 saturated carbocycles. The number of methoxy groups -OCH3 is 1. The lowest BCUT2D eigenvalue weighted by molar-refractivity contribution is -0.128. The number of amides is 1. The standard InChI is InChI=1S/C13H13NO4/c1-18-13(17)9-3-2-4-10(7-9)14-6-5-11(15)8-12(14)16/h2-4,7H,5-6,8H2,1H3. The van der Waals surface area contributed by atoms with Gasteiger partial charge in [0.05, 0.1) is 19.1 Å². The highest BCUT2D eigenvalue weighted by Crippen LogP contribution is 2.21. The van der Waals surface area contributed by atoms with Crippen LogP contribution in [-0.4, -0.2) is 31.3 Å². The van der Waals surface area contributed by atoms with Gasteiger partial charge in [-0.05, 0) is 18.2 Å². The molecule has 5 nitrogen and oxygen atoms in total. The molecule has 1 aromatic rings. The van der Waals surface area contributed by atoms with Gasteiger partial charge in [0.1, 0.15) is 5.78 Å². The molecule has 0 unspecified atom stereocenters. The zero-order valence-corrected chi connectivity index (χ0v) is 10.0. The lowest BCUT2D eigenvalue weighted by Crippen LogP contribution is -2.39. The number of ketones is 1. The molecule has 18 heavy (non-hydrogen) atoms. The second-order valence-corrected chi connectivity index (χ2v) is 4.05. The van der Waals surface area contributed by atoms with E-state index in [4.69, 9.17) is 0 Å². The van der Waals surface area contributed by atoms with E-state index in [2.05, 4.69) is 4.74 Å². The van der Waals surface area contributed by atoms with Gasteiger partial charge < -0.3 is 9.64 Å². The second-order valence-electron chi connectivity index (χ2n) is 4.05. The first-order chi connectivity index (χ1) is 8.61. The number of carbonyl (C=O) groups excluding carboxylic acids is 3. The summed E-state index contributed by atoms with van der Waals surface area (Å²) in [5.74, 6) is -0.717. The van der Waals surface area contributed by atoms with Gasteiger partial charge in [-0.1, -0.05) is 6.07 Å². The van der Waals surface area contributed by atoms with Crippen LogP contribution in [0.1, 0.15) is 23.2 Å². The minimum atomic E-state index is -0.447. The van der Waals surface area contributed by atoms with E-state index >= 15 is 0 Å². The molecule has 1 aliphatic heterocycles. The fourth-order valence-corrected chi connectivity index (χ4v) is 1.91. The van der Waals surface area contributed by atoms with E-state index in [0.717, 1.165) is 0 Å². The van der Waals surface area contributed by atoms with Crippen molar-refractivity contribution < 1.29 is 19.1 Å². The van der Waals surface area contributed by atoms with Crippen molar-refractivity contribution >= 4 is 23.3 Å². The highest BCUT2D eigenvalue weighted by Gasteiger charge is 2.25. The van der Waals surface area contributed by atoms with Crippen LogP contribution in [0.3, 0.4) is 0 Å². The number of hydrogen-bond donors (Lipinski definition) is 0. The number of esters is 1. The predicted molar refractivity (Wildman–Crippen MR) is 64.4 cm³/mol. The molecule has 0 N–H and O–H groups in total. The number of Topliss-reactive ketones (excluding diaryl/α,β-unsaturated/α-hetero) is 1. The quantitative estimate of drug-likeness (QED) is 0.581. The first kappa shape index (κ1) is 12.3. The monoisotopic (exact) mass is 247 g/mol. The average molecular weight is 247 g/mol. The number of nitrogens with zero attached hydrogens (tertiary/aromatic N) is 1. The molecular formula is C13H13NO4. The van der Waals surface area contributed by atoms with E-state index in [9.17, 15) is 14.4 Å². The summed E-state index contributed by atoms with van der Waals surface area (Å²) in [5, 5.41) is 0. The number of piperidine rings is 1. The number of benzene rings is 1. The Labute approximate surface area is 104 Å². The number of anilines is 1. The van der Waals surface area contributed by atoms with Crippen molar-refractivity contribution in [2.24, 2.45) is 0 Å². The van der Waals surface area contributed by atoms with E-state index < -0.39 is 5.97 Å². The Hall–Kier alpha value is -2.17. The van der Waals surface area contributed by atoms with E-state index in [1.54, 1.807) is 24.3 Å². The topological polar surface area (TPSA) is 63.7 Å². The Morgan fingerprint density at radius 1 is 1.33 bits per heavy atom. The smallest absolute Gasteiger partial charge is 0.337 e. The van der Waals surface area contributed by atoms with Crippen molar-refractivity contribution in [3.8, 4) is 0 Å². The predicted octanol–water partition coefficient (Wildman–Crippen LogP) is 1.17. The summed E-state index contributed by atoms with van der Waals surface area (Å²) in [4.78, 5) is 35.8. The Balaban J connectivity index is 2.25. The second kappa shape index (κ2) is 5.00. The summed E-state index contributed by atoms with van der Waals surface area (Å²) in [6, 6.07) is 6.64. The third kappa shape index (κ3) is 2.40. The zero-order chi connectivity index (χ0) is 13.1. The number of rotatable bonds is 2. The van der Waals surface area contributed by atoms with Crippen LogP contribution in [0.25, 0.3) is 0 Å². The van der Waals surface area contributed by atoms with E-state index in [0.29, 0.717) is 24.2 Å². The summed E-state index contributed by atoms with van der Waals surface area (Å²) >= 11 is 0. The molecule has 5 heteroatoms. The maximum atomic E-state index is 11.7. The first-order valence-corrected chi connectivity index (χ1v) is 5.62. The summed E-state index contributed by atoms with van der Waals surface area (Å²) in [5.41, 5.74) is 1.01. The fraction of sp³-hybridized carbons (Fsp3) is 0.308. The summed E-state index contributed by atoms with van der Waals surface area (Å²) in [6.07, 6.45) is 0.288. The molecule has 0 spiro atoms. The van der Waals surface area contributed by atoms with Crippen molar-refractivity contribution in [2.45, 2.75) is 12.8 Å². The molecule has 94 valence electrons. The molecule has 0 atom stereocenters. The molecule has 1 fully saturated rings. The van der Waals surface area contributed by atoms with Gasteiger partial charge >= 0.3 is 5.97 Å². The summed E-state index contributed by atoms with van der Waals surface area (Å²) in [6.45, 7) is 0.363. The van der Waals surface area contributed by atoms with Crippen LogP contribution in [0.2, 0.25) is 0 Å². The van der Waals surface area contributed by atoms with Gasteiger partial charge in [0.2, 0.25) is 5.91 Å². The van der Waals surface area contributed by atoms with Gasteiger partial charge in [-0.3, -0.25) is 9.59 Å². The molecule has 0 aliphatic carbocycles. The Bertz CT molecular complexity index is 509. The highest BCUT2D eigenvalue weighted by atomic mass is 16.5. The maximum Gasteiger partial charge on any atom is 0.337 e. The Morgan fingerprint density at radius 2 is 2.11 bits per heavy atom. The molecule has 1 aliphatic rings. The molecule has 2 rings (SSSR count). The minimum absolute atomic E-state index is 0.0413. The number of hydrogen-bond acceptors (Lipinski definition) is 4. The third-order valence-corrected chi connectivity index (χ3v) is 2.84. The van der Waals surface area contributed by atoms with Gasteiger partial charge in [-0.15, -0.1) is 0 Å². The van der Waals surface area contributed by atoms with Crippen molar-refractivity contribution in [3.63, 3.8) is 0 Å². The molecule has 1 saturated heterocycles. The van der Waals surface area contributed by atoms with Gasteiger partial charge in [-0.25, -0.2) is 4.79 Å². The van der Waals surface area contributed by atoms with Crippen LogP contribution >= 0.6 is 0 Å². The maximum absolute atomic E-state index is 11.7. The van der Waals surface area contributed by atoms with Crippen LogP contribution < -0.4 is 4.90 Å². The van der Waals surface area contributed by atoms with Gasteiger partial charge in [-0.2, -0.15) is 0 Å². The van der Waals surface area contributed by atoms with Gasteiger partial charge in [0.25, 0.3) is 0 Å². The Morgan fingerprint density at radius 3 is 2.78 bits per heavy atom. The van der Waals surface area contributed by atoms with Crippen molar-refractivity contribution in [2.75, 3.05) is 18.6 Å². The molecule has 0 bridgehead atoms. The zero-order valence-electron chi connectivity index (χ0n) is 10.0. The summed E-state index contributed by atoms with van der Waals surface area (Å²) < 4.78 is 4.63. The molecule has 1 heterocycles. The first-order valence-electron chi connectivity index (χ1n) is 5.62. The van der Waals surface area contributed by atoms with Crippen LogP contribution in [0, 0.1) is 0 Å². The van der Waals surface area contributed by atoms with Crippen LogP contribution in [-0.2, 0) is 14.3 Å². The average Bonchev–Trinajstić information content (AvgIpc) is 2.38. The fourth-order valence-electron chi connectivity index (χ4n) is 1.91. The third-order valence-electron chi connectivity index (χ3n) is 2.84. The number of carbonyl (C=O) groups is 3. The van der Waals surface area contributed by atoms with Crippen LogP contribution in [0.4, 0.5) is 5.69 Å².